The van der Waals surface area contributed by atoms with E-state index >= 15 is 0 Å². The Morgan fingerprint density at radius 2 is 1.65 bits per heavy atom. The monoisotopic (exact) mass is 690 g/mol. The molecular formula is C42H52N5O4+. The largest absolute Gasteiger partial charge is 0.469 e. The van der Waals surface area contributed by atoms with Gasteiger partial charge in [0.1, 0.15) is 6.61 Å². The van der Waals surface area contributed by atoms with Crippen LogP contribution in [0.15, 0.2) is 48.8 Å². The lowest BCUT2D eigenvalue weighted by atomic mass is 9.86. The molecule has 2 N–H and O–H groups in total. The lowest BCUT2D eigenvalue weighted by Gasteiger charge is -2.16. The Balaban J connectivity index is 1.45. The van der Waals surface area contributed by atoms with Crippen molar-refractivity contribution in [2.45, 2.75) is 92.2 Å². The van der Waals surface area contributed by atoms with Crippen molar-refractivity contribution in [3.63, 3.8) is 0 Å². The smallest absolute Gasteiger partial charge is 0.305 e. The fourth-order valence-electron chi connectivity index (χ4n) is 7.54. The van der Waals surface area contributed by atoms with Gasteiger partial charge in [0.05, 0.1) is 37.8 Å². The summed E-state index contributed by atoms with van der Waals surface area (Å²) in [5.41, 5.74) is 14.9. The molecule has 0 saturated heterocycles. The van der Waals surface area contributed by atoms with Crippen LogP contribution in [0, 0.1) is 20.8 Å². The second-order valence-corrected chi connectivity index (χ2v) is 13.8. The number of carbonyl (C=O) groups is 1. The number of hydrogen-bond acceptors (Lipinski definition) is 6. The highest BCUT2D eigenvalue weighted by molar-refractivity contribution is 5.85. The summed E-state index contributed by atoms with van der Waals surface area (Å²) in [7, 11) is 1.45. The fraction of sp³-hybridized carbons (Fsp3) is 0.429. The normalized spacial score (nSPS) is 16.3. The molecule has 9 heteroatoms. The predicted octanol–water partition coefficient (Wildman–Crippen LogP) is 8.29. The van der Waals surface area contributed by atoms with Crippen molar-refractivity contribution in [1.82, 2.24) is 19.9 Å². The molecule has 4 aromatic rings. The van der Waals surface area contributed by atoms with Crippen LogP contribution in [0.5, 0.6) is 0 Å². The number of carbonyl (C=O) groups excluding carboxylic acids is 1. The number of ether oxygens (including phenoxy) is 3. The van der Waals surface area contributed by atoms with Crippen molar-refractivity contribution in [2.24, 2.45) is 0 Å². The number of fused-ring (bicyclic) bond motifs is 8. The number of hydrogen-bond donors (Lipinski definition) is 2. The topological polar surface area (TPSA) is 106 Å². The second kappa shape index (κ2) is 15.7. The van der Waals surface area contributed by atoms with Crippen LogP contribution >= 0.6 is 0 Å². The molecule has 268 valence electrons. The number of nitrogens with zero attached hydrogens (tertiary/aromatic N) is 3. The number of esters is 1. The van der Waals surface area contributed by atoms with Crippen LogP contribution in [0.1, 0.15) is 109 Å². The van der Waals surface area contributed by atoms with Crippen LogP contribution in [0.3, 0.4) is 0 Å². The molecule has 0 radical (unpaired) electrons. The number of rotatable bonds is 12. The van der Waals surface area contributed by atoms with Gasteiger partial charge in [0.15, 0.2) is 18.9 Å². The van der Waals surface area contributed by atoms with Gasteiger partial charge in [0.25, 0.3) is 0 Å². The standard InChI is InChI=1S/C42H52N5O4/c1-9-31-26(3)35-24-39-41(30(7)51-20-19-50-18-17-47-15-11-10-12-16-47)28(5)37(45-39)23-36-27(4)32(13-14-40(48)49-8)42(46-36)29(6)34-21-25(2)33(43-34)22-38(31)44-35/h10-12,15-16,21-24,27,30,32,44-45H,9,13-14,17-20H2,1-8H3/q+1/t27-,30?,32-/m0/s1. The molecule has 6 rings (SSSR count). The lowest BCUT2D eigenvalue weighted by Crippen LogP contribution is -2.34. The molecule has 0 aliphatic carbocycles. The van der Waals surface area contributed by atoms with Crippen LogP contribution < -0.4 is 4.57 Å². The van der Waals surface area contributed by atoms with Crippen molar-refractivity contribution < 1.29 is 23.6 Å². The van der Waals surface area contributed by atoms with Gasteiger partial charge in [-0.05, 0) is 99.6 Å². The first-order chi connectivity index (χ1) is 24.6. The molecule has 0 aromatic carbocycles. The molecule has 0 spiro atoms. The summed E-state index contributed by atoms with van der Waals surface area (Å²) < 4.78 is 19.5. The second-order valence-electron chi connectivity index (χ2n) is 13.8. The lowest BCUT2D eigenvalue weighted by molar-refractivity contribution is -0.698. The molecule has 4 aromatic heterocycles. The van der Waals surface area contributed by atoms with E-state index in [2.05, 4.69) is 87.3 Å². The number of allylic oxidation sites excluding steroid dienone is 1. The van der Waals surface area contributed by atoms with E-state index in [1.165, 1.54) is 18.2 Å². The number of nitrogens with one attached hydrogen (secondary N) is 2. The average molecular weight is 691 g/mol. The zero-order valence-corrected chi connectivity index (χ0v) is 31.4. The quantitative estimate of drug-likeness (QED) is 0.0881. The molecule has 0 amide bonds. The molecule has 3 atom stereocenters. The molecule has 1 unspecified atom stereocenters. The van der Waals surface area contributed by atoms with Crippen molar-refractivity contribution in [3.8, 4) is 0 Å². The Morgan fingerprint density at radius 3 is 2.39 bits per heavy atom. The number of aryl methyl sites for hydroxylation is 3. The van der Waals surface area contributed by atoms with Crippen LogP contribution in [-0.2, 0) is 32.0 Å². The van der Waals surface area contributed by atoms with Gasteiger partial charge >= 0.3 is 5.97 Å². The summed E-state index contributed by atoms with van der Waals surface area (Å²) in [5.74, 6) is -0.0599. The van der Waals surface area contributed by atoms with Gasteiger partial charge in [0, 0.05) is 69.4 Å². The summed E-state index contributed by atoms with van der Waals surface area (Å²) in [6, 6.07) is 12.6. The minimum absolute atomic E-state index is 0.0543. The van der Waals surface area contributed by atoms with Gasteiger partial charge in [-0.2, -0.15) is 0 Å². The van der Waals surface area contributed by atoms with E-state index < -0.39 is 0 Å². The summed E-state index contributed by atoms with van der Waals surface area (Å²) in [6.07, 6.45) is 7.94. The first-order valence-corrected chi connectivity index (χ1v) is 18.2. The molecule has 9 nitrogen and oxygen atoms in total. The van der Waals surface area contributed by atoms with E-state index in [-0.39, 0.29) is 23.9 Å². The highest BCUT2D eigenvalue weighted by Gasteiger charge is 2.31. The molecule has 2 aliphatic rings. The maximum atomic E-state index is 12.3. The van der Waals surface area contributed by atoms with Gasteiger partial charge in [-0.3, -0.25) is 9.78 Å². The fourth-order valence-corrected chi connectivity index (χ4v) is 7.54. The molecule has 6 heterocycles. The third kappa shape index (κ3) is 7.70. The average Bonchev–Trinajstić information content (AvgIpc) is 3.83. The highest BCUT2D eigenvalue weighted by Crippen LogP contribution is 2.42. The third-order valence-electron chi connectivity index (χ3n) is 10.6. The van der Waals surface area contributed by atoms with E-state index in [0.29, 0.717) is 32.7 Å². The Bertz CT molecular complexity index is 2100. The first-order valence-electron chi connectivity index (χ1n) is 18.2. The molecular weight excluding hydrogens is 638 g/mol. The van der Waals surface area contributed by atoms with Crippen LogP contribution in [-0.4, -0.2) is 52.8 Å². The number of methoxy groups -OCH3 is 1. The van der Waals surface area contributed by atoms with E-state index in [9.17, 15) is 4.79 Å². The Labute approximate surface area is 301 Å². The van der Waals surface area contributed by atoms with E-state index in [1.807, 2.05) is 30.6 Å². The Hall–Kier alpha value is -4.60. The van der Waals surface area contributed by atoms with Gasteiger partial charge in [0.2, 0.25) is 0 Å². The summed E-state index contributed by atoms with van der Waals surface area (Å²) >= 11 is 0. The number of aromatic amines is 2. The van der Waals surface area contributed by atoms with E-state index in [1.54, 1.807) is 0 Å². The van der Waals surface area contributed by atoms with Crippen LogP contribution in [0.25, 0.3) is 33.7 Å². The number of pyridine rings is 1. The van der Waals surface area contributed by atoms with Crippen LogP contribution in [0.4, 0.5) is 0 Å². The summed E-state index contributed by atoms with van der Waals surface area (Å²) in [6.45, 7) is 17.5. The molecule has 51 heavy (non-hydrogen) atoms. The zero-order valence-electron chi connectivity index (χ0n) is 31.4. The molecule has 0 saturated carbocycles. The Kier molecular flexibility index (Phi) is 11.2. The van der Waals surface area contributed by atoms with Crippen LogP contribution in [0.2, 0.25) is 0 Å². The zero-order chi connectivity index (χ0) is 36.2. The number of H-pyrrole nitrogens is 2. The molecule has 8 bridgehead atoms. The van der Waals surface area contributed by atoms with Crippen molar-refractivity contribution >= 4 is 39.7 Å². The summed E-state index contributed by atoms with van der Waals surface area (Å²) in [5, 5.41) is 0. The first kappa shape index (κ1) is 36.2. The van der Waals surface area contributed by atoms with E-state index in [0.717, 1.165) is 80.1 Å². The van der Waals surface area contributed by atoms with E-state index in [4.69, 9.17) is 24.2 Å². The van der Waals surface area contributed by atoms with Gasteiger partial charge < -0.3 is 24.2 Å². The van der Waals surface area contributed by atoms with Gasteiger partial charge in [-0.15, -0.1) is 0 Å². The van der Waals surface area contributed by atoms with Crippen molar-refractivity contribution in [3.05, 3.63) is 99.4 Å². The van der Waals surface area contributed by atoms with Crippen molar-refractivity contribution in [2.75, 3.05) is 26.9 Å². The predicted molar refractivity (Wildman–Crippen MR) is 202 cm³/mol. The number of aromatic nitrogens is 5. The highest BCUT2D eigenvalue weighted by atomic mass is 16.5. The SMILES string of the molecule is CCc1c(C)c2cc3[nH]c(cc4nc(c(C)c5nc(cc1[nH]2)C(C)=C5)[C@@H](CCC(=O)OC)[C@@H]4C)c(C)c3C(C)OCCOCC[n+]1ccccc1. The maximum Gasteiger partial charge on any atom is 0.305 e. The van der Waals surface area contributed by atoms with Crippen molar-refractivity contribution in [1.29, 1.82) is 0 Å². The summed E-state index contributed by atoms with van der Waals surface area (Å²) in [4.78, 5) is 30.2. The molecule has 2 aliphatic heterocycles. The minimum Gasteiger partial charge on any atom is -0.469 e. The molecule has 0 fully saturated rings. The van der Waals surface area contributed by atoms with Gasteiger partial charge in [-0.25, -0.2) is 9.55 Å². The third-order valence-corrected chi connectivity index (χ3v) is 10.6. The van der Waals surface area contributed by atoms with Gasteiger partial charge in [-0.1, -0.05) is 19.9 Å². The maximum absolute atomic E-state index is 12.3. The minimum atomic E-state index is -0.208. The Morgan fingerprint density at radius 1 is 0.902 bits per heavy atom.